The molecule has 1 rings (SSSR count). The number of hydrogen-bond acceptors (Lipinski definition) is 3. The molecular formula is C14H23NO2S. The summed E-state index contributed by atoms with van der Waals surface area (Å²) < 4.78 is 23.0. The van der Waals surface area contributed by atoms with Crippen molar-refractivity contribution in [1.82, 2.24) is 5.32 Å². The molecule has 0 spiro atoms. The zero-order valence-electron chi connectivity index (χ0n) is 11.7. The highest BCUT2D eigenvalue weighted by atomic mass is 32.2. The number of benzene rings is 1. The molecule has 4 heteroatoms. The Morgan fingerprint density at radius 1 is 1.22 bits per heavy atom. The summed E-state index contributed by atoms with van der Waals surface area (Å²) in [6.45, 7) is 4.20. The van der Waals surface area contributed by atoms with Crippen LogP contribution < -0.4 is 5.32 Å². The Kier molecular flexibility index (Phi) is 5.35. The van der Waals surface area contributed by atoms with E-state index in [1.165, 1.54) is 17.4 Å². The fourth-order valence-electron chi connectivity index (χ4n) is 2.14. The van der Waals surface area contributed by atoms with E-state index in [-0.39, 0.29) is 11.8 Å². The first kappa shape index (κ1) is 15.2. The lowest BCUT2D eigenvalue weighted by molar-refractivity contribution is 0.578. The van der Waals surface area contributed by atoms with Gasteiger partial charge >= 0.3 is 0 Å². The second-order valence-corrected chi connectivity index (χ2v) is 6.86. The van der Waals surface area contributed by atoms with Gasteiger partial charge in [-0.25, -0.2) is 8.42 Å². The third kappa shape index (κ3) is 4.10. The van der Waals surface area contributed by atoms with E-state index in [0.29, 0.717) is 0 Å². The third-order valence-electron chi connectivity index (χ3n) is 3.19. The van der Waals surface area contributed by atoms with E-state index in [4.69, 9.17) is 0 Å². The minimum atomic E-state index is -2.99. The molecule has 0 bridgehead atoms. The molecule has 0 aromatic heterocycles. The van der Waals surface area contributed by atoms with Crippen molar-refractivity contribution in [3.05, 3.63) is 34.9 Å². The van der Waals surface area contributed by atoms with Gasteiger partial charge in [0.05, 0.1) is 5.75 Å². The van der Waals surface area contributed by atoms with Gasteiger partial charge in [-0.2, -0.15) is 0 Å². The zero-order chi connectivity index (χ0) is 13.8. The topological polar surface area (TPSA) is 46.2 Å². The van der Waals surface area contributed by atoms with Gasteiger partial charge < -0.3 is 5.32 Å². The average molecular weight is 269 g/mol. The van der Waals surface area contributed by atoms with Crippen LogP contribution in [0, 0.1) is 0 Å². The molecule has 18 heavy (non-hydrogen) atoms. The van der Waals surface area contributed by atoms with Crippen LogP contribution in [0.5, 0.6) is 0 Å². The maximum absolute atomic E-state index is 11.5. The fraction of sp³-hybridized carbons (Fsp3) is 0.571. The molecule has 0 amide bonds. The molecule has 102 valence electrons. The first-order chi connectivity index (χ1) is 8.41. The van der Waals surface area contributed by atoms with Crippen LogP contribution in [-0.2, 0) is 22.7 Å². The highest BCUT2D eigenvalue weighted by Crippen LogP contribution is 2.22. The Balaban J connectivity index is 3.17. The molecule has 1 N–H and O–H groups in total. The predicted octanol–water partition coefficient (Wildman–Crippen LogP) is 2.12. The highest BCUT2D eigenvalue weighted by Gasteiger charge is 2.18. The molecule has 1 unspecified atom stereocenters. The van der Waals surface area contributed by atoms with E-state index in [1.807, 2.05) is 7.05 Å². The maximum Gasteiger partial charge on any atom is 0.149 e. The van der Waals surface area contributed by atoms with E-state index >= 15 is 0 Å². The predicted molar refractivity (Wildman–Crippen MR) is 76.7 cm³/mol. The molecule has 0 radical (unpaired) electrons. The number of rotatable bonds is 6. The minimum absolute atomic E-state index is 0.124. The van der Waals surface area contributed by atoms with Crippen molar-refractivity contribution in [2.45, 2.75) is 32.7 Å². The minimum Gasteiger partial charge on any atom is -0.312 e. The molecule has 0 fully saturated rings. The number of aryl methyl sites for hydroxylation is 2. The summed E-state index contributed by atoms with van der Waals surface area (Å²) >= 11 is 0. The van der Waals surface area contributed by atoms with Crippen molar-refractivity contribution in [2.24, 2.45) is 0 Å². The van der Waals surface area contributed by atoms with Crippen LogP contribution in [0.15, 0.2) is 18.2 Å². The first-order valence-electron chi connectivity index (χ1n) is 6.38. The molecule has 0 heterocycles. The average Bonchev–Trinajstić information content (AvgIpc) is 2.34. The van der Waals surface area contributed by atoms with Gasteiger partial charge in [0, 0.05) is 12.3 Å². The third-order valence-corrected chi connectivity index (χ3v) is 4.13. The number of hydrogen-bond donors (Lipinski definition) is 1. The van der Waals surface area contributed by atoms with Crippen LogP contribution in [0.4, 0.5) is 0 Å². The lowest BCUT2D eigenvalue weighted by Crippen LogP contribution is -2.25. The molecule has 1 aromatic rings. The Labute approximate surface area is 111 Å². The largest absolute Gasteiger partial charge is 0.312 e. The van der Waals surface area contributed by atoms with Gasteiger partial charge in [-0.3, -0.25) is 0 Å². The summed E-state index contributed by atoms with van der Waals surface area (Å²) in [5.41, 5.74) is 3.58. The molecule has 1 aromatic carbocycles. The lowest BCUT2D eigenvalue weighted by Gasteiger charge is -2.20. The quantitative estimate of drug-likeness (QED) is 0.860. The van der Waals surface area contributed by atoms with Gasteiger partial charge in [-0.1, -0.05) is 32.0 Å². The molecule has 0 saturated carbocycles. The summed E-state index contributed by atoms with van der Waals surface area (Å²) in [5, 5.41) is 3.12. The summed E-state index contributed by atoms with van der Waals surface area (Å²) in [6.07, 6.45) is 3.17. The van der Waals surface area contributed by atoms with E-state index in [1.54, 1.807) is 0 Å². The standard InChI is InChI=1S/C14H23NO2S/c1-5-11-7-8-12(6-2)13(9-11)14(15-3)10-18(4,16)17/h7-9,14-15H,5-6,10H2,1-4H3. The van der Waals surface area contributed by atoms with Gasteiger partial charge in [-0.05, 0) is 36.6 Å². The molecule has 0 aliphatic rings. The molecule has 0 aliphatic carbocycles. The van der Waals surface area contributed by atoms with Gasteiger partial charge in [0.25, 0.3) is 0 Å². The summed E-state index contributed by atoms with van der Waals surface area (Å²) in [7, 11) is -1.18. The van der Waals surface area contributed by atoms with Gasteiger partial charge in [-0.15, -0.1) is 0 Å². The Hall–Kier alpha value is -0.870. The van der Waals surface area contributed by atoms with Crippen molar-refractivity contribution in [1.29, 1.82) is 0 Å². The van der Waals surface area contributed by atoms with Crippen LogP contribution in [0.25, 0.3) is 0 Å². The summed E-state index contributed by atoms with van der Waals surface area (Å²) in [4.78, 5) is 0. The van der Waals surface area contributed by atoms with Crippen molar-refractivity contribution < 1.29 is 8.42 Å². The SMILES string of the molecule is CCc1ccc(CC)c(C(CS(C)(=O)=O)NC)c1. The molecule has 3 nitrogen and oxygen atoms in total. The smallest absolute Gasteiger partial charge is 0.149 e. The second kappa shape index (κ2) is 6.34. The van der Waals surface area contributed by atoms with Gasteiger partial charge in [0.2, 0.25) is 0 Å². The highest BCUT2D eigenvalue weighted by molar-refractivity contribution is 7.90. The Bertz CT molecular complexity index is 495. The van der Waals surface area contributed by atoms with E-state index in [2.05, 4.69) is 37.4 Å². The second-order valence-electron chi connectivity index (χ2n) is 4.67. The van der Waals surface area contributed by atoms with Crippen LogP contribution in [-0.4, -0.2) is 27.5 Å². The first-order valence-corrected chi connectivity index (χ1v) is 8.44. The maximum atomic E-state index is 11.5. The van der Waals surface area contributed by atoms with E-state index in [0.717, 1.165) is 18.4 Å². The van der Waals surface area contributed by atoms with Crippen LogP contribution in [0.3, 0.4) is 0 Å². The van der Waals surface area contributed by atoms with Gasteiger partial charge in [0.1, 0.15) is 9.84 Å². The van der Waals surface area contributed by atoms with Crippen LogP contribution in [0.1, 0.15) is 36.6 Å². The Morgan fingerprint density at radius 2 is 1.89 bits per heavy atom. The zero-order valence-corrected chi connectivity index (χ0v) is 12.5. The van der Waals surface area contributed by atoms with Crippen molar-refractivity contribution in [3.63, 3.8) is 0 Å². The fourth-order valence-corrected chi connectivity index (χ4v) is 3.09. The summed E-state index contributed by atoms with van der Waals surface area (Å²) in [6, 6.07) is 6.24. The van der Waals surface area contributed by atoms with Crippen molar-refractivity contribution in [3.8, 4) is 0 Å². The van der Waals surface area contributed by atoms with Crippen LogP contribution >= 0.6 is 0 Å². The number of sulfone groups is 1. The molecule has 1 atom stereocenters. The van der Waals surface area contributed by atoms with E-state index < -0.39 is 9.84 Å². The van der Waals surface area contributed by atoms with Crippen LogP contribution in [0.2, 0.25) is 0 Å². The van der Waals surface area contributed by atoms with Crippen molar-refractivity contribution >= 4 is 9.84 Å². The summed E-state index contributed by atoms with van der Waals surface area (Å²) in [5.74, 6) is 0.143. The molecular weight excluding hydrogens is 246 g/mol. The molecule has 0 aliphatic heterocycles. The van der Waals surface area contributed by atoms with Gasteiger partial charge in [0.15, 0.2) is 0 Å². The van der Waals surface area contributed by atoms with Crippen molar-refractivity contribution in [2.75, 3.05) is 19.1 Å². The van der Waals surface area contributed by atoms with E-state index in [9.17, 15) is 8.42 Å². The normalized spacial score (nSPS) is 13.6. The molecule has 0 saturated heterocycles. The monoisotopic (exact) mass is 269 g/mol. The number of nitrogens with one attached hydrogen (secondary N) is 1. The lowest BCUT2D eigenvalue weighted by atomic mass is 9.96. The Morgan fingerprint density at radius 3 is 2.33 bits per heavy atom.